The lowest BCUT2D eigenvalue weighted by Crippen LogP contribution is -2.10. The summed E-state index contributed by atoms with van der Waals surface area (Å²) in [4.78, 5) is 12.9. The van der Waals surface area contributed by atoms with Gasteiger partial charge in [0.15, 0.2) is 0 Å². The monoisotopic (exact) mass is 326 g/mol. The zero-order chi connectivity index (χ0) is 17.4. The van der Waals surface area contributed by atoms with Gasteiger partial charge in [-0.05, 0) is 47.2 Å². The Morgan fingerprint density at radius 2 is 1.36 bits per heavy atom. The van der Waals surface area contributed by atoms with Crippen LogP contribution in [0.5, 0.6) is 5.75 Å². The normalized spacial score (nSPS) is 11.0. The van der Waals surface area contributed by atoms with Crippen LogP contribution >= 0.6 is 0 Å². The first kappa shape index (κ1) is 15.4. The van der Waals surface area contributed by atoms with Crippen LogP contribution in [0, 0.1) is 13.8 Å². The summed E-state index contributed by atoms with van der Waals surface area (Å²) in [5, 5.41) is 4.01. The van der Waals surface area contributed by atoms with Crippen LogP contribution in [0.4, 0.5) is 0 Å². The molecule has 0 spiro atoms. The Hall–Kier alpha value is -3.13. The predicted octanol–water partition coefficient (Wildman–Crippen LogP) is 5.83. The Balaban J connectivity index is 1.83. The molecule has 0 radical (unpaired) electrons. The molecule has 25 heavy (non-hydrogen) atoms. The summed E-state index contributed by atoms with van der Waals surface area (Å²) < 4.78 is 5.87. The fraction of sp³-hybridized carbons (Fsp3) is 0.0870. The molecule has 0 N–H and O–H groups in total. The minimum Gasteiger partial charge on any atom is -0.422 e. The van der Waals surface area contributed by atoms with E-state index in [4.69, 9.17) is 4.74 Å². The average molecular weight is 326 g/mol. The quantitative estimate of drug-likeness (QED) is 0.342. The molecule has 4 aromatic carbocycles. The SMILES string of the molecule is Cc1cc(C)c2ccccc2c1OC(=O)c1cccc2ccccc12. The highest BCUT2D eigenvalue weighted by Gasteiger charge is 2.16. The number of fused-ring (bicyclic) bond motifs is 2. The molecule has 4 rings (SSSR count). The lowest BCUT2D eigenvalue weighted by Gasteiger charge is -2.13. The van der Waals surface area contributed by atoms with Crippen LogP contribution in [0.25, 0.3) is 21.5 Å². The molecule has 0 saturated carbocycles. The molecular weight excluding hydrogens is 308 g/mol. The van der Waals surface area contributed by atoms with Crippen molar-refractivity contribution in [3.63, 3.8) is 0 Å². The third-order valence-electron chi connectivity index (χ3n) is 4.59. The van der Waals surface area contributed by atoms with E-state index in [0.29, 0.717) is 11.3 Å². The highest BCUT2D eigenvalue weighted by atomic mass is 16.5. The molecule has 0 heterocycles. The molecule has 2 nitrogen and oxygen atoms in total. The van der Waals surface area contributed by atoms with Gasteiger partial charge in [-0.3, -0.25) is 0 Å². The largest absolute Gasteiger partial charge is 0.422 e. The first-order valence-electron chi connectivity index (χ1n) is 8.34. The average Bonchev–Trinajstić information content (AvgIpc) is 2.64. The molecule has 0 aliphatic carbocycles. The third kappa shape index (κ3) is 2.66. The highest BCUT2D eigenvalue weighted by molar-refractivity contribution is 6.06. The van der Waals surface area contributed by atoms with E-state index >= 15 is 0 Å². The van der Waals surface area contributed by atoms with E-state index in [-0.39, 0.29) is 5.97 Å². The molecule has 4 aromatic rings. The number of hydrogen-bond donors (Lipinski definition) is 0. The molecule has 0 bridgehead atoms. The van der Waals surface area contributed by atoms with E-state index in [1.807, 2.05) is 67.6 Å². The van der Waals surface area contributed by atoms with Crippen LogP contribution in [0.2, 0.25) is 0 Å². The van der Waals surface area contributed by atoms with E-state index in [1.165, 1.54) is 5.56 Å². The fourth-order valence-corrected chi connectivity index (χ4v) is 3.39. The van der Waals surface area contributed by atoms with Gasteiger partial charge in [0.05, 0.1) is 5.56 Å². The van der Waals surface area contributed by atoms with Gasteiger partial charge in [-0.1, -0.05) is 66.7 Å². The minimum atomic E-state index is -0.325. The first-order chi connectivity index (χ1) is 12.1. The van der Waals surface area contributed by atoms with Crippen molar-refractivity contribution in [3.05, 3.63) is 89.5 Å². The molecule has 0 unspecified atom stereocenters. The number of benzene rings is 4. The zero-order valence-corrected chi connectivity index (χ0v) is 14.2. The van der Waals surface area contributed by atoms with Gasteiger partial charge in [0.25, 0.3) is 0 Å². The summed E-state index contributed by atoms with van der Waals surface area (Å²) in [6, 6.07) is 23.6. The minimum absolute atomic E-state index is 0.325. The van der Waals surface area contributed by atoms with Crippen molar-refractivity contribution >= 4 is 27.5 Å². The summed E-state index contributed by atoms with van der Waals surface area (Å²) in [5.74, 6) is 0.313. The van der Waals surface area contributed by atoms with Crippen LogP contribution in [0.1, 0.15) is 21.5 Å². The van der Waals surface area contributed by atoms with E-state index in [9.17, 15) is 4.79 Å². The van der Waals surface area contributed by atoms with E-state index < -0.39 is 0 Å². The van der Waals surface area contributed by atoms with Crippen molar-refractivity contribution < 1.29 is 9.53 Å². The van der Waals surface area contributed by atoms with Gasteiger partial charge in [-0.2, -0.15) is 0 Å². The van der Waals surface area contributed by atoms with Crippen LogP contribution < -0.4 is 4.74 Å². The number of aryl methyl sites for hydroxylation is 2. The smallest absolute Gasteiger partial charge is 0.344 e. The Labute approximate surface area is 146 Å². The number of hydrogen-bond acceptors (Lipinski definition) is 2. The second-order valence-electron chi connectivity index (χ2n) is 6.30. The van der Waals surface area contributed by atoms with Gasteiger partial charge in [-0.25, -0.2) is 4.79 Å². The summed E-state index contributed by atoms with van der Waals surface area (Å²) in [6.45, 7) is 4.05. The van der Waals surface area contributed by atoms with Gasteiger partial charge in [0.1, 0.15) is 5.75 Å². The molecule has 0 saturated heterocycles. The van der Waals surface area contributed by atoms with Crippen LogP contribution in [0.3, 0.4) is 0 Å². The lowest BCUT2D eigenvalue weighted by atomic mass is 10.0. The van der Waals surface area contributed by atoms with E-state index in [0.717, 1.165) is 27.1 Å². The van der Waals surface area contributed by atoms with Crippen LogP contribution in [-0.4, -0.2) is 5.97 Å². The molecule has 122 valence electrons. The molecule has 0 aliphatic rings. The van der Waals surface area contributed by atoms with Crippen molar-refractivity contribution in [1.82, 2.24) is 0 Å². The van der Waals surface area contributed by atoms with Crippen LogP contribution in [-0.2, 0) is 0 Å². The van der Waals surface area contributed by atoms with Crippen molar-refractivity contribution in [3.8, 4) is 5.75 Å². The summed E-state index contributed by atoms with van der Waals surface area (Å²) in [6.07, 6.45) is 0. The standard InChI is InChI=1S/C23H18O2/c1-15-14-16(2)22(20-12-6-5-10-18(15)20)25-23(24)21-13-7-9-17-8-3-4-11-19(17)21/h3-14H,1-2H3. The van der Waals surface area contributed by atoms with Gasteiger partial charge in [-0.15, -0.1) is 0 Å². The number of ether oxygens (including phenoxy) is 1. The molecule has 0 amide bonds. The highest BCUT2D eigenvalue weighted by Crippen LogP contribution is 2.33. The third-order valence-corrected chi connectivity index (χ3v) is 4.59. The zero-order valence-electron chi connectivity index (χ0n) is 14.2. The maximum Gasteiger partial charge on any atom is 0.344 e. The lowest BCUT2D eigenvalue weighted by molar-refractivity contribution is 0.0738. The topological polar surface area (TPSA) is 26.3 Å². The molecule has 0 fully saturated rings. The van der Waals surface area contributed by atoms with E-state index in [1.54, 1.807) is 0 Å². The van der Waals surface area contributed by atoms with Gasteiger partial charge >= 0.3 is 5.97 Å². The predicted molar refractivity (Wildman–Crippen MR) is 102 cm³/mol. The second kappa shape index (κ2) is 6.06. The fourth-order valence-electron chi connectivity index (χ4n) is 3.39. The Kier molecular flexibility index (Phi) is 3.73. The molecular formula is C23H18O2. The number of carbonyl (C=O) groups is 1. The molecule has 2 heteroatoms. The molecule has 0 aliphatic heterocycles. The van der Waals surface area contributed by atoms with E-state index in [2.05, 4.69) is 19.1 Å². The van der Waals surface area contributed by atoms with Crippen molar-refractivity contribution in [2.24, 2.45) is 0 Å². The second-order valence-corrected chi connectivity index (χ2v) is 6.30. The molecule has 0 aromatic heterocycles. The molecule has 0 atom stereocenters. The van der Waals surface area contributed by atoms with Gasteiger partial charge < -0.3 is 4.74 Å². The van der Waals surface area contributed by atoms with Gasteiger partial charge in [0, 0.05) is 5.39 Å². The number of esters is 1. The van der Waals surface area contributed by atoms with Crippen molar-refractivity contribution in [2.75, 3.05) is 0 Å². The summed E-state index contributed by atoms with van der Waals surface area (Å²) >= 11 is 0. The maximum absolute atomic E-state index is 12.9. The number of carbonyl (C=O) groups excluding carboxylic acids is 1. The van der Waals surface area contributed by atoms with Crippen LogP contribution in [0.15, 0.2) is 72.8 Å². The Morgan fingerprint density at radius 1 is 0.720 bits per heavy atom. The van der Waals surface area contributed by atoms with Gasteiger partial charge in [0.2, 0.25) is 0 Å². The number of rotatable bonds is 2. The van der Waals surface area contributed by atoms with Crippen molar-refractivity contribution in [1.29, 1.82) is 0 Å². The first-order valence-corrected chi connectivity index (χ1v) is 8.34. The summed E-state index contributed by atoms with van der Waals surface area (Å²) in [7, 11) is 0. The Morgan fingerprint density at radius 3 is 2.16 bits per heavy atom. The Bertz CT molecular complexity index is 1100. The summed E-state index contributed by atoms with van der Waals surface area (Å²) in [5.41, 5.74) is 2.73. The van der Waals surface area contributed by atoms with Crippen molar-refractivity contribution in [2.45, 2.75) is 13.8 Å². The maximum atomic E-state index is 12.9.